The summed E-state index contributed by atoms with van der Waals surface area (Å²) >= 11 is 0. The fourth-order valence-corrected chi connectivity index (χ4v) is 1.51. The first-order valence-corrected chi connectivity index (χ1v) is 6.45. The van der Waals surface area contributed by atoms with Crippen molar-refractivity contribution in [3.05, 3.63) is 0 Å². The Bertz CT molecular complexity index is 238. The molecule has 100 valence electrons. The number of rotatable bonds is 8. The largest absolute Gasteiger partial charge is 0.433 e. The average Bonchev–Trinajstić information content (AvgIpc) is 2.28. The molecule has 0 aromatic rings. The molecule has 1 N–H and O–H groups in total. The summed E-state index contributed by atoms with van der Waals surface area (Å²) in [5.74, 6) is 0. The third kappa shape index (κ3) is 9.85. The minimum Gasteiger partial charge on any atom is -0.323 e. The van der Waals surface area contributed by atoms with Crippen LogP contribution in [0.3, 0.4) is 0 Å². The first-order chi connectivity index (χ1) is 8.02. The SMILES string of the molecule is CCCCCCCC(C)(C)/C=N/OC(=O)NC. The van der Waals surface area contributed by atoms with E-state index in [0.29, 0.717) is 0 Å². The van der Waals surface area contributed by atoms with Crippen molar-refractivity contribution in [2.24, 2.45) is 10.6 Å². The zero-order valence-electron chi connectivity index (χ0n) is 11.6. The van der Waals surface area contributed by atoms with Gasteiger partial charge in [0, 0.05) is 12.5 Å². The zero-order valence-corrected chi connectivity index (χ0v) is 11.6. The van der Waals surface area contributed by atoms with Gasteiger partial charge in [-0.25, -0.2) is 4.79 Å². The molecule has 0 saturated carbocycles. The zero-order chi connectivity index (χ0) is 13.1. The van der Waals surface area contributed by atoms with Crippen LogP contribution in [0.5, 0.6) is 0 Å². The lowest BCUT2D eigenvalue weighted by atomic mass is 9.88. The summed E-state index contributed by atoms with van der Waals surface area (Å²) < 4.78 is 0. The molecule has 17 heavy (non-hydrogen) atoms. The number of oxime groups is 1. The molecule has 0 fully saturated rings. The second kappa shape index (κ2) is 9.02. The van der Waals surface area contributed by atoms with Gasteiger partial charge in [-0.3, -0.25) is 4.84 Å². The van der Waals surface area contributed by atoms with Crippen LogP contribution in [-0.2, 0) is 4.84 Å². The molecule has 0 aliphatic heterocycles. The van der Waals surface area contributed by atoms with E-state index in [-0.39, 0.29) is 5.41 Å². The Morgan fingerprint density at radius 1 is 1.29 bits per heavy atom. The molecule has 0 aliphatic carbocycles. The summed E-state index contributed by atoms with van der Waals surface area (Å²) in [4.78, 5) is 15.4. The number of nitrogens with zero attached hydrogens (tertiary/aromatic N) is 1. The minimum atomic E-state index is -0.528. The summed E-state index contributed by atoms with van der Waals surface area (Å²) in [7, 11) is 1.51. The van der Waals surface area contributed by atoms with Crippen LogP contribution in [0.4, 0.5) is 4.79 Å². The van der Waals surface area contributed by atoms with Crippen LogP contribution in [0.25, 0.3) is 0 Å². The highest BCUT2D eigenvalue weighted by atomic mass is 16.7. The summed E-state index contributed by atoms with van der Waals surface area (Å²) in [6.07, 6.45) is 8.59. The lowest BCUT2D eigenvalue weighted by molar-refractivity contribution is 0.152. The number of hydrogen-bond donors (Lipinski definition) is 1. The van der Waals surface area contributed by atoms with Crippen molar-refractivity contribution in [3.8, 4) is 0 Å². The number of carbonyl (C=O) groups is 1. The van der Waals surface area contributed by atoms with Crippen LogP contribution in [0.15, 0.2) is 5.16 Å². The van der Waals surface area contributed by atoms with Crippen LogP contribution in [0, 0.1) is 5.41 Å². The van der Waals surface area contributed by atoms with E-state index in [1.807, 2.05) is 0 Å². The molecule has 0 aromatic carbocycles. The number of amides is 1. The Labute approximate surface area is 105 Å². The smallest absolute Gasteiger partial charge is 0.323 e. The third-order valence-electron chi connectivity index (χ3n) is 2.67. The topological polar surface area (TPSA) is 50.7 Å². The Morgan fingerprint density at radius 2 is 1.94 bits per heavy atom. The molecule has 0 heterocycles. The maximum absolute atomic E-state index is 10.8. The summed E-state index contributed by atoms with van der Waals surface area (Å²) in [6, 6.07) is 0. The van der Waals surface area contributed by atoms with Crippen molar-refractivity contribution in [2.75, 3.05) is 7.05 Å². The van der Waals surface area contributed by atoms with Gasteiger partial charge >= 0.3 is 6.09 Å². The van der Waals surface area contributed by atoms with Gasteiger partial charge < -0.3 is 5.32 Å². The van der Waals surface area contributed by atoms with Crippen LogP contribution in [0.1, 0.15) is 59.3 Å². The van der Waals surface area contributed by atoms with Gasteiger partial charge in [-0.2, -0.15) is 0 Å². The molecular formula is C13H26N2O2. The van der Waals surface area contributed by atoms with Gasteiger partial charge in [0.1, 0.15) is 0 Å². The molecule has 0 rings (SSSR count). The molecule has 0 radical (unpaired) electrons. The van der Waals surface area contributed by atoms with Gasteiger partial charge in [-0.05, 0) is 6.42 Å². The van der Waals surface area contributed by atoms with Crippen molar-refractivity contribution < 1.29 is 9.63 Å². The Balaban J connectivity index is 3.74. The fraction of sp³-hybridized carbons (Fsp3) is 0.846. The van der Waals surface area contributed by atoms with E-state index < -0.39 is 6.09 Å². The molecule has 0 spiro atoms. The van der Waals surface area contributed by atoms with E-state index in [4.69, 9.17) is 0 Å². The maximum atomic E-state index is 10.8. The summed E-state index contributed by atoms with van der Waals surface area (Å²) in [6.45, 7) is 6.42. The van der Waals surface area contributed by atoms with Crippen molar-refractivity contribution >= 4 is 12.3 Å². The molecule has 0 unspecified atom stereocenters. The fourth-order valence-electron chi connectivity index (χ4n) is 1.51. The van der Waals surface area contributed by atoms with Crippen LogP contribution < -0.4 is 5.32 Å². The second-order valence-electron chi connectivity index (χ2n) is 5.02. The van der Waals surface area contributed by atoms with Gasteiger partial charge in [0.15, 0.2) is 0 Å². The first kappa shape index (κ1) is 15.9. The Hall–Kier alpha value is -1.06. The highest BCUT2D eigenvalue weighted by Crippen LogP contribution is 2.21. The van der Waals surface area contributed by atoms with E-state index in [2.05, 4.69) is 36.1 Å². The number of hydrogen-bond acceptors (Lipinski definition) is 3. The summed E-state index contributed by atoms with van der Waals surface area (Å²) in [5, 5.41) is 6.03. The molecule has 0 atom stereocenters. The summed E-state index contributed by atoms with van der Waals surface area (Å²) in [5.41, 5.74) is -0.0137. The van der Waals surface area contributed by atoms with Gasteiger partial charge in [0.25, 0.3) is 0 Å². The quantitative estimate of drug-likeness (QED) is 0.305. The predicted molar refractivity (Wildman–Crippen MR) is 71.2 cm³/mol. The minimum absolute atomic E-state index is 0.0137. The van der Waals surface area contributed by atoms with Crippen molar-refractivity contribution in [1.82, 2.24) is 5.32 Å². The predicted octanol–water partition coefficient (Wildman–Crippen LogP) is 3.71. The molecule has 0 aliphatic rings. The van der Waals surface area contributed by atoms with Gasteiger partial charge in [-0.1, -0.05) is 58.0 Å². The molecule has 4 nitrogen and oxygen atoms in total. The molecule has 0 saturated heterocycles. The lowest BCUT2D eigenvalue weighted by Crippen LogP contribution is -2.18. The average molecular weight is 242 g/mol. The lowest BCUT2D eigenvalue weighted by Gasteiger charge is -2.18. The molecular weight excluding hydrogens is 216 g/mol. The van der Waals surface area contributed by atoms with E-state index in [1.165, 1.54) is 39.2 Å². The number of unbranched alkanes of at least 4 members (excludes halogenated alkanes) is 4. The van der Waals surface area contributed by atoms with E-state index in [9.17, 15) is 4.79 Å². The van der Waals surface area contributed by atoms with Gasteiger partial charge in [0.05, 0.1) is 6.21 Å². The van der Waals surface area contributed by atoms with Crippen molar-refractivity contribution in [2.45, 2.75) is 59.3 Å². The Kier molecular flexibility index (Phi) is 8.46. The second-order valence-corrected chi connectivity index (χ2v) is 5.02. The molecule has 0 bridgehead atoms. The van der Waals surface area contributed by atoms with E-state index in [1.54, 1.807) is 6.21 Å². The highest BCUT2D eigenvalue weighted by molar-refractivity contribution is 5.69. The molecule has 0 aromatic heterocycles. The van der Waals surface area contributed by atoms with Gasteiger partial charge in [-0.15, -0.1) is 0 Å². The van der Waals surface area contributed by atoms with Crippen LogP contribution in [-0.4, -0.2) is 19.4 Å². The highest BCUT2D eigenvalue weighted by Gasteiger charge is 2.14. The van der Waals surface area contributed by atoms with Crippen molar-refractivity contribution in [1.29, 1.82) is 0 Å². The maximum Gasteiger partial charge on any atom is 0.433 e. The number of carbonyl (C=O) groups excluding carboxylic acids is 1. The van der Waals surface area contributed by atoms with Crippen molar-refractivity contribution in [3.63, 3.8) is 0 Å². The monoisotopic (exact) mass is 242 g/mol. The standard InChI is InChI=1S/C13H26N2O2/c1-5-6-7-8-9-10-13(2,3)11-15-17-12(16)14-4/h11H,5-10H2,1-4H3,(H,14,16)/b15-11+. The third-order valence-corrected chi connectivity index (χ3v) is 2.67. The Morgan fingerprint density at radius 3 is 2.53 bits per heavy atom. The normalized spacial score (nSPS) is 11.8. The molecule has 1 amide bonds. The van der Waals surface area contributed by atoms with Crippen LogP contribution >= 0.6 is 0 Å². The van der Waals surface area contributed by atoms with Crippen LogP contribution in [0.2, 0.25) is 0 Å². The van der Waals surface area contributed by atoms with Gasteiger partial charge in [0.2, 0.25) is 0 Å². The number of nitrogens with one attached hydrogen (secondary N) is 1. The van der Waals surface area contributed by atoms with E-state index in [0.717, 1.165) is 6.42 Å². The molecule has 4 heteroatoms. The first-order valence-electron chi connectivity index (χ1n) is 6.45. The van der Waals surface area contributed by atoms with E-state index >= 15 is 0 Å².